The van der Waals surface area contributed by atoms with Crippen LogP contribution in [0.3, 0.4) is 0 Å². The number of carbonyl (C=O) groups is 1. The number of rotatable bonds is 2. The van der Waals surface area contributed by atoms with Crippen LogP contribution in [0.4, 0.5) is 0 Å². The molecule has 0 radical (unpaired) electrons. The first-order valence-corrected chi connectivity index (χ1v) is 7.69. The molecule has 0 spiro atoms. The summed E-state index contributed by atoms with van der Waals surface area (Å²) in [6, 6.07) is 1.81. The van der Waals surface area contributed by atoms with Gasteiger partial charge in [0.25, 0.3) is 5.91 Å². The number of hydrogen-bond acceptors (Lipinski definition) is 4. The second kappa shape index (κ2) is 5.54. The minimum absolute atomic E-state index is 0.192. The molecule has 3 heterocycles. The van der Waals surface area contributed by atoms with Gasteiger partial charge in [-0.2, -0.15) is 0 Å². The van der Waals surface area contributed by atoms with E-state index in [-0.39, 0.29) is 5.91 Å². The first-order chi connectivity index (χ1) is 10.0. The predicted molar refractivity (Wildman–Crippen MR) is 87.4 cm³/mol. The van der Waals surface area contributed by atoms with Gasteiger partial charge in [0.2, 0.25) is 0 Å². The molecule has 7 heteroatoms. The topological polar surface area (TPSA) is 70.1 Å². The van der Waals surface area contributed by atoms with Gasteiger partial charge >= 0.3 is 0 Å². The monoisotopic (exact) mass is 320 g/mol. The van der Waals surface area contributed by atoms with Gasteiger partial charge in [0.05, 0.1) is 5.02 Å². The number of aliphatic imine (C=N–C) groups is 1. The van der Waals surface area contributed by atoms with E-state index in [1.807, 2.05) is 19.9 Å². The Morgan fingerprint density at radius 1 is 1.43 bits per heavy atom. The number of aromatic nitrogens is 2. The van der Waals surface area contributed by atoms with Crippen LogP contribution in [0.5, 0.6) is 0 Å². The molecule has 5 nitrogen and oxygen atoms in total. The van der Waals surface area contributed by atoms with Crippen molar-refractivity contribution in [1.29, 1.82) is 0 Å². The van der Waals surface area contributed by atoms with Crippen LogP contribution in [-0.2, 0) is 4.79 Å². The molecule has 2 aromatic heterocycles. The minimum Gasteiger partial charge on any atom is -0.346 e. The van der Waals surface area contributed by atoms with Crippen LogP contribution < -0.4 is 5.32 Å². The molecule has 0 fully saturated rings. The van der Waals surface area contributed by atoms with Crippen molar-refractivity contribution in [3.05, 3.63) is 34.7 Å². The molecular formula is C14H13ClN4OS. The number of hydrogen-bond donors (Lipinski definition) is 2. The summed E-state index contributed by atoms with van der Waals surface area (Å²) in [5, 5.41) is 5.17. The summed E-state index contributed by atoms with van der Waals surface area (Å²) in [7, 11) is 0. The molecular weight excluding hydrogens is 308 g/mol. The fourth-order valence-corrected chi connectivity index (χ4v) is 2.90. The van der Waals surface area contributed by atoms with Gasteiger partial charge < -0.3 is 4.98 Å². The largest absolute Gasteiger partial charge is 0.346 e. The molecule has 1 aliphatic rings. The van der Waals surface area contributed by atoms with Crippen LogP contribution >= 0.6 is 23.4 Å². The fraction of sp³-hybridized carbons (Fsp3) is 0.214. The molecule has 0 aliphatic carbocycles. The van der Waals surface area contributed by atoms with Gasteiger partial charge in [-0.1, -0.05) is 37.2 Å². The van der Waals surface area contributed by atoms with Crippen molar-refractivity contribution >= 4 is 51.5 Å². The van der Waals surface area contributed by atoms with E-state index in [2.05, 4.69) is 20.3 Å². The lowest BCUT2D eigenvalue weighted by Gasteiger charge is -2.01. The van der Waals surface area contributed by atoms with Crippen LogP contribution in [0.15, 0.2) is 29.1 Å². The van der Waals surface area contributed by atoms with Crippen LogP contribution in [0.1, 0.15) is 19.4 Å². The smallest absolute Gasteiger partial charge is 0.275 e. The summed E-state index contributed by atoms with van der Waals surface area (Å²) in [5.41, 5.74) is 1.95. The number of amidine groups is 1. The molecule has 0 unspecified atom stereocenters. The molecule has 0 bridgehead atoms. The van der Waals surface area contributed by atoms with Crippen LogP contribution in [0.2, 0.25) is 5.02 Å². The molecule has 2 aromatic rings. The third-order valence-corrected chi connectivity index (χ3v) is 3.94. The molecule has 3 rings (SSSR count). The Hall–Kier alpha value is -1.79. The second-order valence-electron chi connectivity index (χ2n) is 4.86. The van der Waals surface area contributed by atoms with Crippen molar-refractivity contribution in [2.75, 3.05) is 0 Å². The maximum absolute atomic E-state index is 11.9. The number of carbonyl (C=O) groups excluding carboxylic acids is 1. The Kier molecular flexibility index (Phi) is 3.73. The molecule has 1 amide bonds. The highest BCUT2D eigenvalue weighted by Crippen LogP contribution is 2.24. The molecule has 1 aliphatic heterocycles. The SMILES string of the molecule is CC(C)SC1=N/C(=C\c2c[nH]c3ncc(Cl)cc23)C(=O)N1. The van der Waals surface area contributed by atoms with Crippen LogP contribution in [0.25, 0.3) is 17.1 Å². The molecule has 0 atom stereocenters. The van der Waals surface area contributed by atoms with Gasteiger partial charge in [-0.3, -0.25) is 10.1 Å². The number of H-pyrrole nitrogens is 1. The lowest BCUT2D eigenvalue weighted by atomic mass is 10.2. The van der Waals surface area contributed by atoms with Gasteiger partial charge in [0, 0.05) is 28.6 Å². The molecule has 108 valence electrons. The minimum atomic E-state index is -0.192. The molecule has 21 heavy (non-hydrogen) atoms. The highest BCUT2D eigenvalue weighted by atomic mass is 35.5. The molecule has 0 aromatic carbocycles. The number of amides is 1. The van der Waals surface area contributed by atoms with E-state index in [0.717, 1.165) is 16.6 Å². The number of aromatic amines is 1. The normalized spacial score (nSPS) is 16.9. The zero-order valence-corrected chi connectivity index (χ0v) is 13.0. The zero-order chi connectivity index (χ0) is 15.0. The zero-order valence-electron chi connectivity index (χ0n) is 11.5. The number of nitrogens with zero attached hydrogens (tertiary/aromatic N) is 2. The maximum Gasteiger partial charge on any atom is 0.275 e. The van der Waals surface area contributed by atoms with E-state index >= 15 is 0 Å². The molecule has 0 saturated carbocycles. The van der Waals surface area contributed by atoms with Gasteiger partial charge in [-0.15, -0.1) is 0 Å². The molecule has 2 N–H and O–H groups in total. The number of thioether (sulfide) groups is 1. The van der Waals surface area contributed by atoms with E-state index in [0.29, 0.717) is 21.1 Å². The summed E-state index contributed by atoms with van der Waals surface area (Å²) >= 11 is 7.49. The first-order valence-electron chi connectivity index (χ1n) is 6.44. The van der Waals surface area contributed by atoms with Crippen molar-refractivity contribution < 1.29 is 4.79 Å². The summed E-state index contributed by atoms with van der Waals surface area (Å²) in [5.74, 6) is -0.192. The van der Waals surface area contributed by atoms with Gasteiger partial charge in [-0.05, 0) is 12.1 Å². The second-order valence-corrected chi connectivity index (χ2v) is 6.86. The Balaban J connectivity index is 1.98. The summed E-state index contributed by atoms with van der Waals surface area (Å²) in [6.45, 7) is 4.10. The Labute approximate surface area is 130 Å². The van der Waals surface area contributed by atoms with E-state index < -0.39 is 0 Å². The molecule has 0 saturated heterocycles. The van der Waals surface area contributed by atoms with Crippen molar-refractivity contribution in [3.8, 4) is 0 Å². The van der Waals surface area contributed by atoms with Crippen LogP contribution in [0, 0.1) is 0 Å². The predicted octanol–water partition coefficient (Wildman–Crippen LogP) is 3.18. The van der Waals surface area contributed by atoms with E-state index in [1.165, 1.54) is 11.8 Å². The van der Waals surface area contributed by atoms with Crippen LogP contribution in [-0.4, -0.2) is 26.3 Å². The number of fused-ring (bicyclic) bond motifs is 1. The quantitative estimate of drug-likeness (QED) is 0.835. The van der Waals surface area contributed by atoms with Crippen molar-refractivity contribution in [2.24, 2.45) is 4.99 Å². The Bertz CT molecular complexity index is 778. The first kappa shape index (κ1) is 14.2. The number of halogens is 1. The summed E-state index contributed by atoms with van der Waals surface area (Å²) < 4.78 is 0. The van der Waals surface area contributed by atoms with E-state index in [1.54, 1.807) is 18.5 Å². The highest BCUT2D eigenvalue weighted by molar-refractivity contribution is 8.14. The van der Waals surface area contributed by atoms with Gasteiger partial charge in [-0.25, -0.2) is 9.98 Å². The average molecular weight is 321 g/mol. The van der Waals surface area contributed by atoms with Crippen molar-refractivity contribution in [2.45, 2.75) is 19.1 Å². The fourth-order valence-electron chi connectivity index (χ4n) is 1.99. The third-order valence-electron chi connectivity index (χ3n) is 2.84. The van der Waals surface area contributed by atoms with E-state index in [9.17, 15) is 4.79 Å². The number of pyridine rings is 1. The maximum atomic E-state index is 11.9. The highest BCUT2D eigenvalue weighted by Gasteiger charge is 2.21. The number of nitrogens with one attached hydrogen (secondary N) is 2. The standard InChI is InChI=1S/C14H13ClN4OS/c1-7(2)21-14-18-11(13(20)19-14)3-8-5-16-12-10(8)4-9(15)6-17-12/h3-7H,1-2H3,(H,16,17)(H,18,19,20)/b11-3-. The van der Waals surface area contributed by atoms with E-state index in [4.69, 9.17) is 11.6 Å². The third kappa shape index (κ3) is 2.96. The summed E-state index contributed by atoms with van der Waals surface area (Å²) in [4.78, 5) is 23.5. The Morgan fingerprint density at radius 3 is 3.00 bits per heavy atom. The Morgan fingerprint density at radius 2 is 2.24 bits per heavy atom. The lowest BCUT2D eigenvalue weighted by Crippen LogP contribution is -2.22. The van der Waals surface area contributed by atoms with Crippen molar-refractivity contribution in [1.82, 2.24) is 15.3 Å². The van der Waals surface area contributed by atoms with Crippen molar-refractivity contribution in [3.63, 3.8) is 0 Å². The van der Waals surface area contributed by atoms with Gasteiger partial charge in [0.15, 0.2) is 5.17 Å². The average Bonchev–Trinajstić information content (AvgIpc) is 2.94. The van der Waals surface area contributed by atoms with Gasteiger partial charge in [0.1, 0.15) is 11.3 Å². The summed E-state index contributed by atoms with van der Waals surface area (Å²) in [6.07, 6.45) is 5.10. The lowest BCUT2D eigenvalue weighted by molar-refractivity contribution is -0.115.